The Morgan fingerprint density at radius 1 is 1.05 bits per heavy atom. The summed E-state index contributed by atoms with van der Waals surface area (Å²) < 4.78 is 0. The summed E-state index contributed by atoms with van der Waals surface area (Å²) in [5.74, 6) is 1.19. The van der Waals surface area contributed by atoms with Gasteiger partial charge < -0.3 is 0 Å². The molecule has 0 fully saturated rings. The Morgan fingerprint density at radius 2 is 1.68 bits per heavy atom. The van der Waals surface area contributed by atoms with Gasteiger partial charge in [-0.3, -0.25) is 4.99 Å². The van der Waals surface area contributed by atoms with Gasteiger partial charge in [-0.2, -0.15) is 0 Å². The molecule has 1 aromatic carbocycles. The first-order valence-corrected chi connectivity index (χ1v) is 7.67. The average molecular weight is 259 g/mol. The highest BCUT2D eigenvalue weighted by molar-refractivity contribution is 5.81. The van der Waals surface area contributed by atoms with Gasteiger partial charge in [0.25, 0.3) is 0 Å². The second-order valence-electron chi connectivity index (χ2n) is 6.06. The number of benzene rings is 1. The molecule has 106 valence electrons. The van der Waals surface area contributed by atoms with Crippen LogP contribution in [0.1, 0.15) is 58.6 Å². The molecule has 0 saturated carbocycles. The number of rotatable bonds is 7. The zero-order valence-electron chi connectivity index (χ0n) is 13.2. The normalized spacial score (nSPS) is 12.2. The molecule has 0 heterocycles. The van der Waals surface area contributed by atoms with E-state index in [9.17, 15) is 0 Å². The van der Waals surface area contributed by atoms with Crippen molar-refractivity contribution in [1.82, 2.24) is 0 Å². The van der Waals surface area contributed by atoms with E-state index in [0.717, 1.165) is 6.42 Å². The van der Waals surface area contributed by atoms with Crippen molar-refractivity contribution in [2.75, 3.05) is 0 Å². The number of hydrogen-bond donors (Lipinski definition) is 0. The van der Waals surface area contributed by atoms with Crippen molar-refractivity contribution in [1.29, 1.82) is 0 Å². The van der Waals surface area contributed by atoms with Crippen LogP contribution in [-0.2, 0) is 6.42 Å². The lowest BCUT2D eigenvalue weighted by atomic mass is 9.94. The second-order valence-corrected chi connectivity index (χ2v) is 6.06. The highest BCUT2D eigenvalue weighted by Crippen LogP contribution is 2.17. The number of aliphatic imine (C=N–C) groups is 1. The molecule has 0 aliphatic carbocycles. The summed E-state index contributed by atoms with van der Waals surface area (Å²) >= 11 is 0. The van der Waals surface area contributed by atoms with Crippen LogP contribution in [0.5, 0.6) is 0 Å². The van der Waals surface area contributed by atoms with Crippen LogP contribution in [0, 0.1) is 11.8 Å². The van der Waals surface area contributed by atoms with Gasteiger partial charge in [-0.05, 0) is 35.8 Å². The molecule has 1 heteroatoms. The molecule has 19 heavy (non-hydrogen) atoms. The monoisotopic (exact) mass is 259 g/mol. The van der Waals surface area contributed by atoms with E-state index in [4.69, 9.17) is 4.99 Å². The molecule has 0 spiro atoms. The van der Waals surface area contributed by atoms with E-state index < -0.39 is 0 Å². The van der Waals surface area contributed by atoms with Crippen LogP contribution >= 0.6 is 0 Å². The highest BCUT2D eigenvalue weighted by Gasteiger charge is 2.15. The Balaban J connectivity index is 2.85. The lowest BCUT2D eigenvalue weighted by Gasteiger charge is -2.20. The van der Waals surface area contributed by atoms with E-state index in [1.807, 2.05) is 0 Å². The molecule has 0 aromatic heterocycles. The van der Waals surface area contributed by atoms with Crippen LogP contribution in [-0.4, -0.2) is 12.3 Å². The maximum absolute atomic E-state index is 4.84. The molecule has 0 bridgehead atoms. The van der Waals surface area contributed by atoms with Gasteiger partial charge in [0.15, 0.2) is 0 Å². The second kappa shape index (κ2) is 8.14. The standard InChI is InChI=1S/C18H29N/c1-6-7-10-16-11-8-9-12-17(16)13-19-18(14(2)3)15(4)5/h8-9,11-15,18H,6-7,10H2,1-5H3. The molecule has 1 aromatic rings. The topological polar surface area (TPSA) is 12.4 Å². The summed E-state index contributed by atoms with van der Waals surface area (Å²) in [6, 6.07) is 9.07. The zero-order valence-corrected chi connectivity index (χ0v) is 13.2. The Morgan fingerprint density at radius 3 is 2.26 bits per heavy atom. The smallest absolute Gasteiger partial charge is 0.0545 e. The average Bonchev–Trinajstić information content (AvgIpc) is 2.37. The van der Waals surface area contributed by atoms with Crippen LogP contribution < -0.4 is 0 Å². The molecule has 0 atom stereocenters. The number of aryl methyl sites for hydroxylation is 1. The van der Waals surface area contributed by atoms with E-state index in [-0.39, 0.29) is 0 Å². The molecule has 1 nitrogen and oxygen atoms in total. The molecule has 0 amide bonds. The molecule has 0 saturated heterocycles. The summed E-state index contributed by atoms with van der Waals surface area (Å²) in [6.45, 7) is 11.3. The van der Waals surface area contributed by atoms with E-state index in [1.165, 1.54) is 24.0 Å². The van der Waals surface area contributed by atoms with E-state index in [1.54, 1.807) is 0 Å². The van der Waals surface area contributed by atoms with E-state index in [2.05, 4.69) is 65.1 Å². The van der Waals surface area contributed by atoms with Gasteiger partial charge in [-0.25, -0.2) is 0 Å². The number of hydrogen-bond acceptors (Lipinski definition) is 1. The van der Waals surface area contributed by atoms with Crippen LogP contribution in [0.25, 0.3) is 0 Å². The largest absolute Gasteiger partial charge is 0.289 e. The fourth-order valence-electron chi connectivity index (χ4n) is 2.54. The van der Waals surface area contributed by atoms with Crippen molar-refractivity contribution in [2.24, 2.45) is 16.8 Å². The summed E-state index contributed by atoms with van der Waals surface area (Å²) in [6.07, 6.45) is 5.75. The van der Waals surface area contributed by atoms with Crippen molar-refractivity contribution >= 4 is 6.21 Å². The minimum atomic E-state index is 0.416. The van der Waals surface area contributed by atoms with Crippen molar-refractivity contribution < 1.29 is 0 Å². The van der Waals surface area contributed by atoms with Crippen LogP contribution in [0.2, 0.25) is 0 Å². The Hall–Kier alpha value is -1.11. The Bertz CT molecular complexity index is 382. The first-order chi connectivity index (χ1) is 9.06. The van der Waals surface area contributed by atoms with Gasteiger partial charge in [-0.15, -0.1) is 0 Å². The van der Waals surface area contributed by atoms with Gasteiger partial charge in [0, 0.05) is 6.21 Å². The quantitative estimate of drug-likeness (QED) is 0.602. The SMILES string of the molecule is CCCCc1ccccc1C=NC(C(C)C)C(C)C. The molecule has 0 aliphatic heterocycles. The molecular formula is C18H29N. The van der Waals surface area contributed by atoms with Gasteiger partial charge in [0.2, 0.25) is 0 Å². The van der Waals surface area contributed by atoms with E-state index >= 15 is 0 Å². The third-order valence-electron chi connectivity index (χ3n) is 3.61. The number of unbranched alkanes of at least 4 members (excludes halogenated alkanes) is 1. The minimum absolute atomic E-state index is 0.416. The third kappa shape index (κ3) is 5.18. The van der Waals surface area contributed by atoms with Crippen LogP contribution in [0.3, 0.4) is 0 Å². The molecule has 0 unspecified atom stereocenters. The van der Waals surface area contributed by atoms with Crippen molar-refractivity contribution in [2.45, 2.75) is 59.9 Å². The summed E-state index contributed by atoms with van der Waals surface area (Å²) in [5.41, 5.74) is 2.72. The van der Waals surface area contributed by atoms with E-state index in [0.29, 0.717) is 17.9 Å². The van der Waals surface area contributed by atoms with Crippen molar-refractivity contribution in [3.8, 4) is 0 Å². The summed E-state index contributed by atoms with van der Waals surface area (Å²) in [4.78, 5) is 4.84. The predicted molar refractivity (Wildman–Crippen MR) is 86.1 cm³/mol. The minimum Gasteiger partial charge on any atom is -0.289 e. The molecule has 0 N–H and O–H groups in total. The Labute approximate surface area is 119 Å². The Kier molecular flexibility index (Phi) is 6.83. The third-order valence-corrected chi connectivity index (χ3v) is 3.61. The van der Waals surface area contributed by atoms with Gasteiger partial charge in [-0.1, -0.05) is 65.3 Å². The van der Waals surface area contributed by atoms with Crippen molar-refractivity contribution in [3.63, 3.8) is 0 Å². The molecule has 0 radical (unpaired) electrons. The van der Waals surface area contributed by atoms with Gasteiger partial charge in [0.1, 0.15) is 0 Å². The summed E-state index contributed by atoms with van der Waals surface area (Å²) in [7, 11) is 0. The molecule has 0 aliphatic rings. The fraction of sp³-hybridized carbons (Fsp3) is 0.611. The van der Waals surface area contributed by atoms with Crippen LogP contribution in [0.15, 0.2) is 29.3 Å². The first kappa shape index (κ1) is 15.9. The maximum Gasteiger partial charge on any atom is 0.0545 e. The summed E-state index contributed by atoms with van der Waals surface area (Å²) in [5, 5.41) is 0. The molecule has 1 rings (SSSR count). The lowest BCUT2D eigenvalue weighted by molar-refractivity contribution is 0.390. The molecular weight excluding hydrogens is 230 g/mol. The lowest BCUT2D eigenvalue weighted by Crippen LogP contribution is -2.20. The first-order valence-electron chi connectivity index (χ1n) is 7.67. The van der Waals surface area contributed by atoms with Crippen LogP contribution in [0.4, 0.5) is 0 Å². The maximum atomic E-state index is 4.84. The number of nitrogens with zero attached hydrogens (tertiary/aromatic N) is 1. The fourth-order valence-corrected chi connectivity index (χ4v) is 2.54. The highest BCUT2D eigenvalue weighted by atomic mass is 14.8. The van der Waals surface area contributed by atoms with Crippen molar-refractivity contribution in [3.05, 3.63) is 35.4 Å². The predicted octanol–water partition coefficient (Wildman–Crippen LogP) is 5.13. The zero-order chi connectivity index (χ0) is 14.3. The van der Waals surface area contributed by atoms with Gasteiger partial charge in [0.05, 0.1) is 6.04 Å². The van der Waals surface area contributed by atoms with Gasteiger partial charge >= 0.3 is 0 Å².